The highest BCUT2D eigenvalue weighted by Gasteiger charge is 2.58. The summed E-state index contributed by atoms with van der Waals surface area (Å²) in [5.74, 6) is 3.26. The number of ether oxygens (including phenoxy) is 2. The van der Waals surface area contributed by atoms with Gasteiger partial charge in [-0.25, -0.2) is 0 Å². The molecule has 0 radical (unpaired) electrons. The van der Waals surface area contributed by atoms with E-state index in [9.17, 15) is 9.59 Å². The van der Waals surface area contributed by atoms with Crippen LogP contribution >= 0.6 is 0 Å². The first-order chi connectivity index (χ1) is 15.2. The summed E-state index contributed by atoms with van der Waals surface area (Å²) in [5, 5.41) is 0. The Balaban J connectivity index is 1.50. The topological polar surface area (TPSA) is 52.6 Å². The molecule has 0 spiro atoms. The maximum absolute atomic E-state index is 11.5. The van der Waals surface area contributed by atoms with Gasteiger partial charge in [-0.3, -0.25) is 9.59 Å². The summed E-state index contributed by atoms with van der Waals surface area (Å²) >= 11 is 0. The molecule has 4 aliphatic carbocycles. The molecule has 3 fully saturated rings. The number of hydrogen-bond donors (Lipinski definition) is 0. The lowest BCUT2D eigenvalue weighted by Gasteiger charge is -2.57. The van der Waals surface area contributed by atoms with Crippen LogP contribution in [0.2, 0.25) is 0 Å². The van der Waals surface area contributed by atoms with Gasteiger partial charge in [-0.2, -0.15) is 0 Å². The van der Waals surface area contributed by atoms with E-state index in [0.29, 0.717) is 29.3 Å². The number of fused-ring (bicyclic) bond motifs is 5. The molecule has 0 aromatic carbocycles. The zero-order valence-electron chi connectivity index (χ0n) is 21.0. The van der Waals surface area contributed by atoms with Crippen LogP contribution in [-0.4, -0.2) is 24.6 Å². The largest absolute Gasteiger partial charge is 0.466 e. The molecular weight excluding hydrogens is 400 g/mol. The fraction of sp³-hybridized carbons (Fsp3) is 0.857. The molecule has 0 aromatic heterocycles. The zero-order chi connectivity index (χ0) is 23.1. The van der Waals surface area contributed by atoms with Gasteiger partial charge < -0.3 is 9.47 Å². The number of carbonyl (C=O) groups is 2. The van der Waals surface area contributed by atoms with Gasteiger partial charge in [0.1, 0.15) is 6.10 Å². The molecule has 3 unspecified atom stereocenters. The molecule has 4 aliphatic rings. The highest BCUT2D eigenvalue weighted by Crippen LogP contribution is 2.66. The van der Waals surface area contributed by atoms with Gasteiger partial charge in [0.2, 0.25) is 0 Å². The third-order valence-corrected chi connectivity index (χ3v) is 10.3. The molecule has 4 rings (SSSR count). The Labute approximate surface area is 194 Å². The maximum Gasteiger partial charge on any atom is 0.302 e. The van der Waals surface area contributed by atoms with Crippen molar-refractivity contribution in [1.82, 2.24) is 0 Å². The minimum absolute atomic E-state index is 0.120. The van der Waals surface area contributed by atoms with Crippen LogP contribution in [0.1, 0.15) is 98.8 Å². The van der Waals surface area contributed by atoms with E-state index >= 15 is 0 Å². The lowest BCUT2D eigenvalue weighted by Crippen LogP contribution is -2.49. The highest BCUT2D eigenvalue weighted by molar-refractivity contribution is 5.66. The number of hydrogen-bond acceptors (Lipinski definition) is 4. The van der Waals surface area contributed by atoms with Gasteiger partial charge in [-0.15, -0.1) is 0 Å². The molecule has 0 aliphatic heterocycles. The van der Waals surface area contributed by atoms with E-state index in [1.54, 1.807) is 12.5 Å². The van der Waals surface area contributed by atoms with Gasteiger partial charge in [-0.05, 0) is 98.2 Å². The summed E-state index contributed by atoms with van der Waals surface area (Å²) in [7, 11) is 0. The first-order valence-corrected chi connectivity index (χ1v) is 13.2. The van der Waals surface area contributed by atoms with Crippen molar-refractivity contribution < 1.29 is 19.1 Å². The van der Waals surface area contributed by atoms with Crippen molar-refractivity contribution in [3.8, 4) is 0 Å². The Hall–Kier alpha value is -1.32. The van der Waals surface area contributed by atoms with E-state index in [4.69, 9.17) is 9.47 Å². The van der Waals surface area contributed by atoms with E-state index in [-0.39, 0.29) is 18.0 Å². The molecule has 3 saturated carbocycles. The fourth-order valence-corrected chi connectivity index (χ4v) is 8.69. The Morgan fingerprint density at radius 1 is 1.09 bits per heavy atom. The summed E-state index contributed by atoms with van der Waals surface area (Å²) < 4.78 is 10.9. The van der Waals surface area contributed by atoms with Crippen LogP contribution in [0.5, 0.6) is 0 Å². The average Bonchev–Trinajstić information content (AvgIpc) is 3.08. The Kier molecular flexibility index (Phi) is 6.81. The Morgan fingerprint density at radius 2 is 1.88 bits per heavy atom. The summed E-state index contributed by atoms with van der Waals surface area (Å²) in [6.45, 7) is 11.0. The van der Waals surface area contributed by atoms with Gasteiger partial charge in [-0.1, -0.05) is 38.8 Å². The molecule has 0 bridgehead atoms. The van der Waals surface area contributed by atoms with Crippen molar-refractivity contribution in [3.05, 3.63) is 11.6 Å². The van der Waals surface area contributed by atoms with Gasteiger partial charge in [0.05, 0.1) is 6.61 Å². The summed E-state index contributed by atoms with van der Waals surface area (Å²) in [4.78, 5) is 22.7. The maximum atomic E-state index is 11.5. The van der Waals surface area contributed by atoms with Crippen molar-refractivity contribution in [2.24, 2.45) is 40.4 Å². The van der Waals surface area contributed by atoms with E-state index in [1.165, 1.54) is 45.4 Å². The molecule has 32 heavy (non-hydrogen) atoms. The number of allylic oxidation sites excluding steroid dienone is 2. The van der Waals surface area contributed by atoms with Crippen LogP contribution < -0.4 is 0 Å². The third-order valence-electron chi connectivity index (χ3n) is 10.3. The second-order valence-corrected chi connectivity index (χ2v) is 11.8. The fourth-order valence-electron chi connectivity index (χ4n) is 8.69. The molecule has 8 atom stereocenters. The second-order valence-electron chi connectivity index (χ2n) is 11.8. The average molecular weight is 445 g/mol. The van der Waals surface area contributed by atoms with E-state index in [1.807, 2.05) is 0 Å². The second kappa shape index (κ2) is 9.14. The molecule has 4 heteroatoms. The molecule has 0 N–H and O–H groups in total. The smallest absolute Gasteiger partial charge is 0.302 e. The van der Waals surface area contributed by atoms with Crippen LogP contribution in [0.3, 0.4) is 0 Å². The summed E-state index contributed by atoms with van der Waals surface area (Å²) in [6.07, 6.45) is 14.6. The van der Waals surface area contributed by atoms with Crippen molar-refractivity contribution in [2.45, 2.75) is 105 Å². The first-order valence-electron chi connectivity index (χ1n) is 13.2. The van der Waals surface area contributed by atoms with Crippen LogP contribution in [0.25, 0.3) is 0 Å². The minimum Gasteiger partial charge on any atom is -0.466 e. The Morgan fingerprint density at radius 3 is 2.56 bits per heavy atom. The van der Waals surface area contributed by atoms with Crippen LogP contribution in [0.15, 0.2) is 11.6 Å². The van der Waals surface area contributed by atoms with Crippen LogP contribution in [-0.2, 0) is 19.1 Å². The number of esters is 2. The van der Waals surface area contributed by atoms with Crippen molar-refractivity contribution in [1.29, 1.82) is 0 Å². The van der Waals surface area contributed by atoms with Crippen LogP contribution in [0, 0.1) is 40.4 Å². The molecule has 0 amide bonds. The zero-order valence-corrected chi connectivity index (χ0v) is 21.0. The molecule has 0 heterocycles. The number of carbonyl (C=O) groups excluding carboxylic acids is 2. The Bertz CT molecular complexity index is 757. The summed E-state index contributed by atoms with van der Waals surface area (Å²) in [5.41, 5.74) is 2.42. The van der Waals surface area contributed by atoms with E-state index in [0.717, 1.165) is 43.4 Å². The molecule has 0 saturated heterocycles. The third kappa shape index (κ3) is 4.16. The van der Waals surface area contributed by atoms with E-state index in [2.05, 4.69) is 26.8 Å². The molecule has 180 valence electrons. The quantitative estimate of drug-likeness (QED) is 0.348. The van der Waals surface area contributed by atoms with Gasteiger partial charge in [0.15, 0.2) is 0 Å². The van der Waals surface area contributed by atoms with E-state index < -0.39 is 0 Å². The van der Waals surface area contributed by atoms with Crippen molar-refractivity contribution in [3.63, 3.8) is 0 Å². The predicted molar refractivity (Wildman–Crippen MR) is 126 cm³/mol. The lowest BCUT2D eigenvalue weighted by molar-refractivity contribution is -0.151. The summed E-state index contributed by atoms with van der Waals surface area (Å²) in [6, 6.07) is 0. The highest BCUT2D eigenvalue weighted by atomic mass is 16.5. The lowest BCUT2D eigenvalue weighted by atomic mass is 9.48. The molecule has 0 aromatic rings. The molecule has 4 nitrogen and oxygen atoms in total. The normalized spacial score (nSPS) is 41.5. The monoisotopic (exact) mass is 444 g/mol. The standard InChI is InChI=1S/C28H44O4/c1-6-20(13-16-31-18(2)29)24-9-10-25-23-8-7-21-17-22(32-19(3)30)11-14-27(21,4)26(23)12-15-28(24,25)5/h12,20-25H,6-11,13-17H2,1-5H3/t20-,21?,22-,23?,24-,25?,27+,28-/m1/s1. The van der Waals surface area contributed by atoms with Gasteiger partial charge in [0.25, 0.3) is 0 Å². The van der Waals surface area contributed by atoms with Gasteiger partial charge >= 0.3 is 11.9 Å². The van der Waals surface area contributed by atoms with Crippen molar-refractivity contribution >= 4 is 11.9 Å². The predicted octanol–water partition coefficient (Wildman–Crippen LogP) is 6.48. The van der Waals surface area contributed by atoms with Gasteiger partial charge in [0, 0.05) is 13.8 Å². The number of rotatable bonds is 6. The first kappa shape index (κ1) is 23.8. The van der Waals surface area contributed by atoms with Crippen LogP contribution in [0.4, 0.5) is 0 Å². The molecular formula is C28H44O4. The van der Waals surface area contributed by atoms with Crippen molar-refractivity contribution in [2.75, 3.05) is 6.61 Å². The SMILES string of the molecule is CC[C@H](CCOC(C)=O)[C@H]1CCC2C3CCC4C[C@H](OC(C)=O)CC[C@]4(C)C3=CC[C@@]21C. The minimum atomic E-state index is -0.158.